The standard InChI is InChI=1S/C21H27NO3/c1-13-2-5-15-9-18-21(25)11-16(19(23)24)10-20(21,17(15)8-13)6-7-22(18)12-14-3-4-14/h2,5,8,14,16,18,25H,3-4,6-7,9-12H2,1H3,(H,23,24)/t16-,18-,20-,21-/m1/s1. The maximum atomic E-state index is 11.9. The van der Waals surface area contributed by atoms with Crippen molar-refractivity contribution < 1.29 is 15.0 Å². The maximum absolute atomic E-state index is 11.9. The van der Waals surface area contributed by atoms with Crippen LogP contribution < -0.4 is 0 Å². The number of carboxylic acids is 1. The summed E-state index contributed by atoms with van der Waals surface area (Å²) in [6.07, 6.45) is 5.34. The van der Waals surface area contributed by atoms with Gasteiger partial charge in [0.05, 0.1) is 11.5 Å². The molecule has 25 heavy (non-hydrogen) atoms. The second-order valence-electron chi connectivity index (χ2n) is 9.02. The van der Waals surface area contributed by atoms with Crippen molar-refractivity contribution in [2.75, 3.05) is 13.1 Å². The zero-order valence-electron chi connectivity index (χ0n) is 14.9. The lowest BCUT2D eigenvalue weighted by molar-refractivity contribution is -0.144. The lowest BCUT2D eigenvalue weighted by Gasteiger charge is -2.59. The summed E-state index contributed by atoms with van der Waals surface area (Å²) >= 11 is 0. The van der Waals surface area contributed by atoms with Crippen LogP contribution in [0.25, 0.3) is 0 Å². The summed E-state index contributed by atoms with van der Waals surface area (Å²) in [7, 11) is 0. The van der Waals surface area contributed by atoms with Crippen LogP contribution in [-0.2, 0) is 16.6 Å². The van der Waals surface area contributed by atoms with Crippen LogP contribution in [0.2, 0.25) is 0 Å². The normalized spacial score (nSPS) is 39.8. The van der Waals surface area contributed by atoms with E-state index >= 15 is 0 Å². The van der Waals surface area contributed by atoms with Gasteiger partial charge in [0.25, 0.3) is 0 Å². The number of carbonyl (C=O) groups is 1. The van der Waals surface area contributed by atoms with Gasteiger partial charge < -0.3 is 10.2 Å². The van der Waals surface area contributed by atoms with E-state index in [0.29, 0.717) is 12.8 Å². The molecule has 4 nitrogen and oxygen atoms in total. The Balaban J connectivity index is 1.64. The first-order valence-corrected chi connectivity index (χ1v) is 9.72. The van der Waals surface area contributed by atoms with Gasteiger partial charge in [-0.3, -0.25) is 9.69 Å². The molecule has 0 amide bonds. The van der Waals surface area contributed by atoms with Crippen molar-refractivity contribution in [1.29, 1.82) is 0 Å². The highest BCUT2D eigenvalue weighted by Gasteiger charge is 2.68. The molecular weight excluding hydrogens is 314 g/mol. The molecule has 1 aromatic carbocycles. The Bertz CT molecular complexity index is 743. The highest BCUT2D eigenvalue weighted by atomic mass is 16.4. The second kappa shape index (κ2) is 5.08. The van der Waals surface area contributed by atoms with Crippen LogP contribution in [-0.4, -0.2) is 45.8 Å². The topological polar surface area (TPSA) is 60.8 Å². The minimum absolute atomic E-state index is 0.0707. The molecule has 0 spiro atoms. The fourth-order valence-corrected chi connectivity index (χ4v) is 6.13. The Hall–Kier alpha value is -1.39. The van der Waals surface area contributed by atoms with Crippen molar-refractivity contribution in [3.63, 3.8) is 0 Å². The number of carboxylic acid groups (broad SMARTS) is 1. The summed E-state index contributed by atoms with van der Waals surface area (Å²) in [4.78, 5) is 14.3. The largest absolute Gasteiger partial charge is 0.481 e. The van der Waals surface area contributed by atoms with Gasteiger partial charge in [-0.1, -0.05) is 23.8 Å². The molecule has 5 rings (SSSR count). The van der Waals surface area contributed by atoms with Crippen LogP contribution >= 0.6 is 0 Å². The Labute approximate surface area is 148 Å². The quantitative estimate of drug-likeness (QED) is 0.887. The highest BCUT2D eigenvalue weighted by molar-refractivity contribution is 5.72. The lowest BCUT2D eigenvalue weighted by Crippen LogP contribution is -2.69. The molecule has 3 aliphatic carbocycles. The van der Waals surface area contributed by atoms with Gasteiger partial charge in [-0.05, 0) is 69.0 Å². The summed E-state index contributed by atoms with van der Waals surface area (Å²) < 4.78 is 0. The van der Waals surface area contributed by atoms with Crippen molar-refractivity contribution in [2.24, 2.45) is 11.8 Å². The van der Waals surface area contributed by atoms with E-state index in [1.165, 1.54) is 29.5 Å². The summed E-state index contributed by atoms with van der Waals surface area (Å²) in [5, 5.41) is 21.6. The van der Waals surface area contributed by atoms with E-state index in [9.17, 15) is 15.0 Å². The molecule has 1 aliphatic heterocycles. The van der Waals surface area contributed by atoms with Crippen LogP contribution in [0, 0.1) is 18.8 Å². The van der Waals surface area contributed by atoms with E-state index in [2.05, 4.69) is 30.0 Å². The predicted octanol–water partition coefficient (Wildman–Crippen LogP) is 2.50. The molecular formula is C21H27NO3. The number of likely N-dealkylation sites (tertiary alicyclic amines) is 1. The first-order chi connectivity index (χ1) is 11.9. The van der Waals surface area contributed by atoms with Gasteiger partial charge in [0.1, 0.15) is 0 Å². The van der Waals surface area contributed by atoms with E-state index < -0.39 is 17.5 Å². The zero-order valence-corrected chi connectivity index (χ0v) is 14.9. The Morgan fingerprint density at radius 3 is 2.84 bits per heavy atom. The molecule has 4 aliphatic rings. The third-order valence-electron chi connectivity index (χ3n) is 7.53. The van der Waals surface area contributed by atoms with Gasteiger partial charge in [-0.15, -0.1) is 0 Å². The molecule has 1 heterocycles. The average Bonchev–Trinajstić information content (AvgIpc) is 3.30. The molecule has 4 atom stereocenters. The van der Waals surface area contributed by atoms with Gasteiger partial charge in [-0.2, -0.15) is 0 Å². The van der Waals surface area contributed by atoms with E-state index in [-0.39, 0.29) is 11.5 Å². The molecule has 2 bridgehead atoms. The fraction of sp³-hybridized carbons (Fsp3) is 0.667. The average molecular weight is 341 g/mol. The summed E-state index contributed by atoms with van der Waals surface area (Å²) in [6, 6.07) is 6.66. The molecule has 2 N–H and O–H groups in total. The van der Waals surface area contributed by atoms with E-state index in [1.54, 1.807) is 0 Å². The number of piperidine rings is 1. The summed E-state index contributed by atoms with van der Waals surface area (Å²) in [5.74, 6) is -0.391. The first kappa shape index (κ1) is 15.8. The van der Waals surface area contributed by atoms with Gasteiger partial charge in [-0.25, -0.2) is 0 Å². The van der Waals surface area contributed by atoms with Crippen LogP contribution in [0.4, 0.5) is 0 Å². The minimum atomic E-state index is -0.899. The van der Waals surface area contributed by atoms with Crippen LogP contribution in [0.15, 0.2) is 18.2 Å². The van der Waals surface area contributed by atoms with Crippen molar-refractivity contribution >= 4 is 5.97 Å². The number of nitrogens with zero attached hydrogens (tertiary/aromatic N) is 1. The van der Waals surface area contributed by atoms with Crippen molar-refractivity contribution in [3.05, 3.63) is 34.9 Å². The van der Waals surface area contributed by atoms with Crippen LogP contribution in [0.3, 0.4) is 0 Å². The third-order valence-corrected chi connectivity index (χ3v) is 7.53. The molecule has 4 heteroatoms. The van der Waals surface area contributed by atoms with Crippen LogP contribution in [0.5, 0.6) is 0 Å². The maximum Gasteiger partial charge on any atom is 0.306 e. The van der Waals surface area contributed by atoms with E-state index in [1.807, 2.05) is 0 Å². The molecule has 0 unspecified atom stereocenters. The van der Waals surface area contributed by atoms with Gasteiger partial charge in [0.2, 0.25) is 0 Å². The predicted molar refractivity (Wildman–Crippen MR) is 94.6 cm³/mol. The molecule has 0 aromatic heterocycles. The molecule has 1 saturated heterocycles. The van der Waals surface area contributed by atoms with Gasteiger partial charge in [0, 0.05) is 18.0 Å². The fourth-order valence-electron chi connectivity index (χ4n) is 6.13. The summed E-state index contributed by atoms with van der Waals surface area (Å²) in [5.41, 5.74) is 2.49. The number of hydrogen-bond acceptors (Lipinski definition) is 3. The molecule has 2 saturated carbocycles. The number of rotatable bonds is 3. The first-order valence-electron chi connectivity index (χ1n) is 9.72. The number of aliphatic hydroxyl groups is 1. The molecule has 0 radical (unpaired) electrons. The smallest absolute Gasteiger partial charge is 0.306 e. The Morgan fingerprint density at radius 1 is 1.32 bits per heavy atom. The SMILES string of the molecule is Cc1ccc2c(c1)[C@]13CCN(CC4CC4)[C@H](C2)[C@]1(O)C[C@H](C(=O)O)C3. The van der Waals surface area contributed by atoms with Gasteiger partial charge in [0.15, 0.2) is 0 Å². The zero-order chi connectivity index (χ0) is 17.4. The number of hydrogen-bond donors (Lipinski definition) is 2. The summed E-state index contributed by atoms with van der Waals surface area (Å²) in [6.45, 7) is 4.15. The number of fused-ring (bicyclic) bond motifs is 1. The molecule has 3 fully saturated rings. The Morgan fingerprint density at radius 2 is 2.12 bits per heavy atom. The minimum Gasteiger partial charge on any atom is -0.481 e. The van der Waals surface area contributed by atoms with Crippen LogP contribution in [0.1, 0.15) is 48.8 Å². The van der Waals surface area contributed by atoms with Crippen molar-refractivity contribution in [1.82, 2.24) is 4.90 Å². The number of benzene rings is 1. The number of aliphatic carboxylic acids is 1. The van der Waals surface area contributed by atoms with E-state index in [4.69, 9.17) is 0 Å². The lowest BCUT2D eigenvalue weighted by atomic mass is 9.56. The Kier molecular flexibility index (Phi) is 3.21. The van der Waals surface area contributed by atoms with Gasteiger partial charge >= 0.3 is 5.97 Å². The monoisotopic (exact) mass is 341 g/mol. The second-order valence-corrected chi connectivity index (χ2v) is 9.02. The molecule has 1 aromatic rings. The molecule has 134 valence electrons. The number of aryl methyl sites for hydroxylation is 1. The van der Waals surface area contributed by atoms with Crippen molar-refractivity contribution in [2.45, 2.75) is 62.5 Å². The third kappa shape index (κ3) is 2.10. The van der Waals surface area contributed by atoms with Crippen molar-refractivity contribution in [3.8, 4) is 0 Å². The highest BCUT2D eigenvalue weighted by Crippen LogP contribution is 2.61. The van der Waals surface area contributed by atoms with E-state index in [0.717, 1.165) is 31.8 Å².